The zero-order valence-electron chi connectivity index (χ0n) is 16.1. The highest BCUT2D eigenvalue weighted by atomic mass is 16.3. The zero-order valence-corrected chi connectivity index (χ0v) is 16.1. The molecule has 3 aromatic carbocycles. The average molecular weight is 384 g/mol. The summed E-state index contributed by atoms with van der Waals surface area (Å²) in [5.74, 6) is 0.0545. The topological polar surface area (TPSA) is 62.6 Å². The highest BCUT2D eigenvalue weighted by molar-refractivity contribution is 6.12. The van der Waals surface area contributed by atoms with Gasteiger partial charge in [0.1, 0.15) is 5.58 Å². The fourth-order valence-corrected chi connectivity index (χ4v) is 4.06. The molecule has 29 heavy (non-hydrogen) atoms. The van der Waals surface area contributed by atoms with E-state index in [1.54, 1.807) is 4.90 Å². The van der Waals surface area contributed by atoms with Gasteiger partial charge in [-0.1, -0.05) is 48.5 Å². The van der Waals surface area contributed by atoms with Gasteiger partial charge in [-0.25, -0.2) is 0 Å². The second-order valence-corrected chi connectivity index (χ2v) is 7.34. The van der Waals surface area contributed by atoms with Crippen LogP contribution in [0.3, 0.4) is 0 Å². The van der Waals surface area contributed by atoms with Crippen LogP contribution in [-0.2, 0) is 4.79 Å². The molecule has 2 heterocycles. The third-order valence-corrected chi connectivity index (χ3v) is 5.55. The van der Waals surface area contributed by atoms with E-state index in [0.717, 1.165) is 33.8 Å². The molecular weight excluding hydrogens is 364 g/mol. The molecule has 1 fully saturated rings. The number of carbonyl (C=O) groups is 2. The summed E-state index contributed by atoms with van der Waals surface area (Å²) in [6.45, 7) is 2.56. The molecule has 144 valence electrons. The molecule has 0 radical (unpaired) electrons. The second-order valence-electron chi connectivity index (χ2n) is 7.34. The number of rotatable bonds is 3. The molecule has 1 N–H and O–H groups in total. The molecule has 1 saturated heterocycles. The Labute approximate surface area is 167 Å². The molecule has 1 aliphatic rings. The third kappa shape index (κ3) is 2.86. The van der Waals surface area contributed by atoms with E-state index in [0.29, 0.717) is 30.0 Å². The molecule has 0 saturated carbocycles. The van der Waals surface area contributed by atoms with Gasteiger partial charge >= 0.3 is 0 Å². The summed E-state index contributed by atoms with van der Waals surface area (Å²) in [5.41, 5.74) is 2.85. The summed E-state index contributed by atoms with van der Waals surface area (Å²) in [4.78, 5) is 27.0. The van der Waals surface area contributed by atoms with Crippen molar-refractivity contribution in [1.29, 1.82) is 0 Å². The number of fused-ring (bicyclic) bond motifs is 3. The largest absolute Gasteiger partial charge is 0.450 e. The Bertz CT molecular complexity index is 1270. The quantitative estimate of drug-likeness (QED) is 0.523. The van der Waals surface area contributed by atoms with Crippen LogP contribution in [-0.4, -0.2) is 18.4 Å². The van der Waals surface area contributed by atoms with Crippen LogP contribution in [0.15, 0.2) is 65.1 Å². The lowest BCUT2D eigenvalue weighted by atomic mass is 10.1. The summed E-state index contributed by atoms with van der Waals surface area (Å²) in [6, 6.07) is 19.4. The smallest absolute Gasteiger partial charge is 0.291 e. The monoisotopic (exact) mass is 384 g/mol. The molecule has 0 aliphatic carbocycles. The third-order valence-electron chi connectivity index (χ3n) is 5.55. The minimum atomic E-state index is -0.318. The van der Waals surface area contributed by atoms with E-state index in [9.17, 15) is 9.59 Å². The number of anilines is 2. The molecular formula is C24H20N2O3. The van der Waals surface area contributed by atoms with Crippen molar-refractivity contribution in [3.8, 4) is 0 Å². The van der Waals surface area contributed by atoms with Crippen molar-refractivity contribution in [3.05, 3.63) is 72.0 Å². The number of hydrogen-bond donors (Lipinski definition) is 1. The molecule has 1 aliphatic heterocycles. The summed E-state index contributed by atoms with van der Waals surface area (Å²) in [7, 11) is 0. The van der Waals surface area contributed by atoms with Gasteiger partial charge in [0.25, 0.3) is 5.91 Å². The van der Waals surface area contributed by atoms with E-state index in [2.05, 4.69) is 5.32 Å². The standard InChI is InChI=1S/C24H20N2O3/c1-15-17-13-12-16-7-2-3-8-18(16)23(17)29-22(15)24(28)25-19-9-4-5-10-20(19)26-14-6-11-21(26)27/h2-5,7-10,12-13H,6,11,14H2,1H3,(H,25,28). The summed E-state index contributed by atoms with van der Waals surface area (Å²) in [6.07, 6.45) is 1.37. The number of benzene rings is 3. The Morgan fingerprint density at radius 3 is 2.62 bits per heavy atom. The predicted molar refractivity (Wildman–Crippen MR) is 114 cm³/mol. The minimum absolute atomic E-state index is 0.0816. The number of para-hydroxylation sites is 2. The number of hydrogen-bond acceptors (Lipinski definition) is 3. The lowest BCUT2D eigenvalue weighted by molar-refractivity contribution is -0.117. The van der Waals surface area contributed by atoms with Gasteiger partial charge in [-0.3, -0.25) is 9.59 Å². The van der Waals surface area contributed by atoms with Crippen molar-refractivity contribution in [2.75, 3.05) is 16.8 Å². The lowest BCUT2D eigenvalue weighted by Crippen LogP contribution is -2.25. The van der Waals surface area contributed by atoms with Gasteiger partial charge < -0.3 is 14.6 Å². The average Bonchev–Trinajstić information content (AvgIpc) is 3.32. The fourth-order valence-electron chi connectivity index (χ4n) is 4.06. The van der Waals surface area contributed by atoms with Crippen LogP contribution in [0, 0.1) is 6.92 Å². The number of nitrogens with zero attached hydrogens (tertiary/aromatic N) is 1. The van der Waals surface area contributed by atoms with Crippen LogP contribution in [0.1, 0.15) is 29.0 Å². The Balaban J connectivity index is 1.54. The Hall–Kier alpha value is -3.60. The number of nitrogens with one attached hydrogen (secondary N) is 1. The molecule has 5 nitrogen and oxygen atoms in total. The first kappa shape index (κ1) is 17.5. The Morgan fingerprint density at radius 2 is 1.79 bits per heavy atom. The van der Waals surface area contributed by atoms with Crippen LogP contribution >= 0.6 is 0 Å². The molecule has 5 heteroatoms. The fraction of sp³-hybridized carbons (Fsp3) is 0.167. The maximum Gasteiger partial charge on any atom is 0.291 e. The predicted octanol–water partition coefficient (Wildman–Crippen LogP) is 5.27. The number of aryl methyl sites for hydroxylation is 1. The molecule has 0 atom stereocenters. The van der Waals surface area contributed by atoms with Crippen molar-refractivity contribution in [2.45, 2.75) is 19.8 Å². The number of furan rings is 1. The van der Waals surface area contributed by atoms with E-state index >= 15 is 0 Å². The van der Waals surface area contributed by atoms with E-state index < -0.39 is 0 Å². The van der Waals surface area contributed by atoms with Crippen molar-refractivity contribution in [2.24, 2.45) is 0 Å². The minimum Gasteiger partial charge on any atom is -0.450 e. The van der Waals surface area contributed by atoms with Crippen molar-refractivity contribution < 1.29 is 14.0 Å². The summed E-state index contributed by atoms with van der Waals surface area (Å²) in [5, 5.41) is 5.93. The van der Waals surface area contributed by atoms with Crippen molar-refractivity contribution in [3.63, 3.8) is 0 Å². The van der Waals surface area contributed by atoms with Gasteiger partial charge in [-0.2, -0.15) is 0 Å². The van der Waals surface area contributed by atoms with Gasteiger partial charge in [0.2, 0.25) is 5.91 Å². The molecule has 0 spiro atoms. The first-order valence-electron chi connectivity index (χ1n) is 9.75. The van der Waals surface area contributed by atoms with E-state index in [1.165, 1.54) is 0 Å². The summed E-state index contributed by atoms with van der Waals surface area (Å²) < 4.78 is 6.04. The van der Waals surface area contributed by atoms with Crippen molar-refractivity contribution >= 4 is 44.9 Å². The highest BCUT2D eigenvalue weighted by Gasteiger charge is 2.25. The van der Waals surface area contributed by atoms with Gasteiger partial charge in [-0.05, 0) is 30.9 Å². The van der Waals surface area contributed by atoms with E-state index in [-0.39, 0.29) is 11.8 Å². The second kappa shape index (κ2) is 6.78. The highest BCUT2D eigenvalue weighted by Crippen LogP contribution is 2.33. The summed E-state index contributed by atoms with van der Waals surface area (Å²) >= 11 is 0. The molecule has 5 rings (SSSR count). The SMILES string of the molecule is Cc1c(C(=O)Nc2ccccc2N2CCCC2=O)oc2c1ccc1ccccc12. The molecule has 1 aromatic heterocycles. The first-order chi connectivity index (χ1) is 14.1. The van der Waals surface area contributed by atoms with Crippen LogP contribution in [0.25, 0.3) is 21.7 Å². The van der Waals surface area contributed by atoms with Gasteiger partial charge in [0.05, 0.1) is 11.4 Å². The molecule has 0 bridgehead atoms. The van der Waals surface area contributed by atoms with Crippen LogP contribution in [0.4, 0.5) is 11.4 Å². The molecule has 0 unspecified atom stereocenters. The van der Waals surface area contributed by atoms with E-state index in [4.69, 9.17) is 4.42 Å². The van der Waals surface area contributed by atoms with Crippen LogP contribution < -0.4 is 10.2 Å². The molecule has 2 amide bonds. The normalized spacial score (nSPS) is 14.1. The number of amides is 2. The van der Waals surface area contributed by atoms with Gasteiger partial charge in [0.15, 0.2) is 5.76 Å². The maximum absolute atomic E-state index is 13.1. The van der Waals surface area contributed by atoms with Crippen molar-refractivity contribution in [1.82, 2.24) is 0 Å². The van der Waals surface area contributed by atoms with Crippen LogP contribution in [0.5, 0.6) is 0 Å². The van der Waals surface area contributed by atoms with Gasteiger partial charge in [0, 0.05) is 29.3 Å². The maximum atomic E-state index is 13.1. The molecule has 4 aromatic rings. The lowest BCUT2D eigenvalue weighted by Gasteiger charge is -2.19. The zero-order chi connectivity index (χ0) is 20.0. The first-order valence-corrected chi connectivity index (χ1v) is 9.75. The Morgan fingerprint density at radius 1 is 1.00 bits per heavy atom. The van der Waals surface area contributed by atoms with Crippen LogP contribution in [0.2, 0.25) is 0 Å². The van der Waals surface area contributed by atoms with Gasteiger partial charge in [-0.15, -0.1) is 0 Å². The Kier molecular flexibility index (Phi) is 4.09. The number of carbonyl (C=O) groups excluding carboxylic acids is 2. The van der Waals surface area contributed by atoms with E-state index in [1.807, 2.05) is 67.6 Å².